The molecule has 0 saturated carbocycles. The molecule has 0 bridgehead atoms. The Labute approximate surface area is 93.0 Å². The Morgan fingerprint density at radius 2 is 2.33 bits per heavy atom. The molecule has 1 atom stereocenters. The fourth-order valence-electron chi connectivity index (χ4n) is 1.11. The molecule has 0 aliphatic heterocycles. The predicted octanol–water partition coefficient (Wildman–Crippen LogP) is 1.72. The molecule has 1 amide bonds. The van der Waals surface area contributed by atoms with Crippen molar-refractivity contribution in [2.75, 3.05) is 5.32 Å². The van der Waals surface area contributed by atoms with Crippen LogP contribution in [0.2, 0.25) is 5.02 Å². The minimum absolute atomic E-state index is 0.128. The summed E-state index contributed by atoms with van der Waals surface area (Å²) in [6.45, 7) is 1.73. The molecule has 0 heterocycles. The van der Waals surface area contributed by atoms with Gasteiger partial charge >= 0.3 is 0 Å². The van der Waals surface area contributed by atoms with E-state index in [1.54, 1.807) is 19.1 Å². The third kappa shape index (κ3) is 3.42. The van der Waals surface area contributed by atoms with E-state index in [4.69, 9.17) is 17.3 Å². The van der Waals surface area contributed by atoms with E-state index in [9.17, 15) is 9.90 Å². The van der Waals surface area contributed by atoms with E-state index < -0.39 is 0 Å². The zero-order valence-corrected chi connectivity index (χ0v) is 9.08. The highest BCUT2D eigenvalue weighted by atomic mass is 35.5. The van der Waals surface area contributed by atoms with Gasteiger partial charge in [-0.3, -0.25) is 4.79 Å². The predicted molar refractivity (Wildman–Crippen MR) is 60.0 cm³/mol. The van der Waals surface area contributed by atoms with E-state index in [-0.39, 0.29) is 29.1 Å². The van der Waals surface area contributed by atoms with E-state index >= 15 is 0 Å². The Morgan fingerprint density at radius 3 is 2.93 bits per heavy atom. The Balaban J connectivity index is 2.73. The monoisotopic (exact) mass is 228 g/mol. The number of nitrogens with two attached hydrogens (primary N) is 1. The minimum atomic E-state index is -0.248. The first kappa shape index (κ1) is 11.8. The van der Waals surface area contributed by atoms with Crippen molar-refractivity contribution in [3.05, 3.63) is 23.2 Å². The van der Waals surface area contributed by atoms with Gasteiger partial charge in [0, 0.05) is 12.5 Å². The summed E-state index contributed by atoms with van der Waals surface area (Å²) in [4.78, 5) is 11.3. The smallest absolute Gasteiger partial charge is 0.226 e. The summed E-state index contributed by atoms with van der Waals surface area (Å²) >= 11 is 5.68. The van der Waals surface area contributed by atoms with Crippen LogP contribution in [-0.2, 0) is 4.79 Å². The molecule has 1 unspecified atom stereocenters. The number of carbonyl (C=O) groups is 1. The number of hydrogen-bond acceptors (Lipinski definition) is 3. The lowest BCUT2D eigenvalue weighted by molar-refractivity contribution is -0.116. The Hall–Kier alpha value is -1.26. The number of anilines is 1. The average Bonchev–Trinajstić information content (AvgIpc) is 2.11. The number of phenols is 1. The number of halogens is 1. The van der Waals surface area contributed by atoms with Crippen molar-refractivity contribution in [3.63, 3.8) is 0 Å². The van der Waals surface area contributed by atoms with Crippen LogP contribution in [0.5, 0.6) is 5.75 Å². The number of carbonyl (C=O) groups excluding carboxylic acids is 1. The van der Waals surface area contributed by atoms with Gasteiger partial charge in [-0.2, -0.15) is 0 Å². The first-order valence-electron chi connectivity index (χ1n) is 4.53. The SMILES string of the molecule is CC(N)CC(=O)Nc1cccc(Cl)c1O. The molecule has 0 aliphatic carbocycles. The van der Waals surface area contributed by atoms with Crippen LogP contribution in [0.15, 0.2) is 18.2 Å². The second-order valence-corrected chi connectivity index (χ2v) is 3.77. The van der Waals surface area contributed by atoms with Crippen LogP contribution in [0.3, 0.4) is 0 Å². The van der Waals surface area contributed by atoms with Crippen LogP contribution >= 0.6 is 11.6 Å². The molecule has 1 rings (SSSR count). The lowest BCUT2D eigenvalue weighted by Crippen LogP contribution is -2.23. The van der Waals surface area contributed by atoms with Gasteiger partial charge < -0.3 is 16.2 Å². The number of para-hydroxylation sites is 1. The van der Waals surface area contributed by atoms with Crippen LogP contribution < -0.4 is 11.1 Å². The second-order valence-electron chi connectivity index (χ2n) is 3.37. The highest BCUT2D eigenvalue weighted by Gasteiger charge is 2.09. The highest BCUT2D eigenvalue weighted by molar-refractivity contribution is 6.32. The van der Waals surface area contributed by atoms with Crippen molar-refractivity contribution in [2.45, 2.75) is 19.4 Å². The molecule has 1 aromatic rings. The van der Waals surface area contributed by atoms with Crippen LogP contribution in [0.1, 0.15) is 13.3 Å². The lowest BCUT2D eigenvalue weighted by Gasteiger charge is -2.09. The Morgan fingerprint density at radius 1 is 1.67 bits per heavy atom. The van der Waals surface area contributed by atoms with E-state index in [2.05, 4.69) is 5.32 Å². The van der Waals surface area contributed by atoms with Crippen LogP contribution in [0, 0.1) is 0 Å². The van der Waals surface area contributed by atoms with E-state index in [0.29, 0.717) is 5.69 Å². The van der Waals surface area contributed by atoms with E-state index in [1.807, 2.05) is 0 Å². The summed E-state index contributed by atoms with van der Waals surface area (Å²) < 4.78 is 0. The van der Waals surface area contributed by atoms with Crippen molar-refractivity contribution < 1.29 is 9.90 Å². The number of rotatable bonds is 3. The van der Waals surface area contributed by atoms with Crippen molar-refractivity contribution in [2.24, 2.45) is 5.73 Å². The maximum Gasteiger partial charge on any atom is 0.226 e. The zero-order valence-electron chi connectivity index (χ0n) is 8.33. The maximum atomic E-state index is 11.3. The summed E-state index contributed by atoms with van der Waals surface area (Å²) in [6, 6.07) is 4.54. The number of amides is 1. The van der Waals surface area contributed by atoms with Gasteiger partial charge in [-0.25, -0.2) is 0 Å². The quantitative estimate of drug-likeness (QED) is 0.690. The molecule has 15 heavy (non-hydrogen) atoms. The Bertz CT molecular complexity index is 366. The van der Waals surface area contributed by atoms with Crippen molar-refractivity contribution in [1.82, 2.24) is 0 Å². The van der Waals surface area contributed by atoms with Crippen molar-refractivity contribution >= 4 is 23.2 Å². The molecule has 4 nitrogen and oxygen atoms in total. The van der Waals surface area contributed by atoms with Gasteiger partial charge in [-0.1, -0.05) is 17.7 Å². The van der Waals surface area contributed by atoms with Gasteiger partial charge in [0.05, 0.1) is 10.7 Å². The molecule has 4 N–H and O–H groups in total. The maximum absolute atomic E-state index is 11.3. The van der Waals surface area contributed by atoms with Gasteiger partial charge in [0.15, 0.2) is 5.75 Å². The summed E-state index contributed by atoms with van der Waals surface area (Å²) in [5.74, 6) is -0.375. The summed E-state index contributed by atoms with van der Waals surface area (Å²) in [5.41, 5.74) is 5.76. The van der Waals surface area contributed by atoms with Gasteiger partial charge in [-0.05, 0) is 19.1 Å². The summed E-state index contributed by atoms with van der Waals surface area (Å²) in [5, 5.41) is 12.2. The molecule has 82 valence electrons. The molecule has 0 fully saturated rings. The molecule has 0 saturated heterocycles. The largest absolute Gasteiger partial charge is 0.504 e. The third-order valence-electron chi connectivity index (χ3n) is 1.77. The molecule has 0 radical (unpaired) electrons. The number of nitrogens with one attached hydrogen (secondary N) is 1. The van der Waals surface area contributed by atoms with Gasteiger partial charge in [0.2, 0.25) is 5.91 Å². The Kier molecular flexibility index (Phi) is 3.94. The molecule has 5 heteroatoms. The van der Waals surface area contributed by atoms with Crippen LogP contribution in [0.4, 0.5) is 5.69 Å². The first-order chi connectivity index (χ1) is 7.00. The second kappa shape index (κ2) is 5.00. The lowest BCUT2D eigenvalue weighted by atomic mass is 10.2. The summed E-state index contributed by atoms with van der Waals surface area (Å²) in [6.07, 6.45) is 0.200. The van der Waals surface area contributed by atoms with Gasteiger partial charge in [0.1, 0.15) is 0 Å². The molecule has 1 aromatic carbocycles. The zero-order chi connectivity index (χ0) is 11.4. The summed E-state index contributed by atoms with van der Waals surface area (Å²) in [7, 11) is 0. The number of hydrogen-bond donors (Lipinski definition) is 3. The fourth-order valence-corrected chi connectivity index (χ4v) is 1.28. The van der Waals surface area contributed by atoms with Gasteiger partial charge in [0.25, 0.3) is 0 Å². The molecule has 0 aromatic heterocycles. The molecule has 0 aliphatic rings. The van der Waals surface area contributed by atoms with E-state index in [1.165, 1.54) is 6.07 Å². The molecule has 0 spiro atoms. The standard InChI is InChI=1S/C10H13ClN2O2/c1-6(12)5-9(14)13-8-4-2-3-7(11)10(8)15/h2-4,6,15H,5,12H2,1H3,(H,13,14). The number of phenolic OH excluding ortho intramolecular Hbond substituents is 1. The van der Waals surface area contributed by atoms with Gasteiger partial charge in [-0.15, -0.1) is 0 Å². The topological polar surface area (TPSA) is 75.4 Å². The van der Waals surface area contributed by atoms with Crippen molar-refractivity contribution in [3.8, 4) is 5.75 Å². The highest BCUT2D eigenvalue weighted by Crippen LogP contribution is 2.31. The molecular weight excluding hydrogens is 216 g/mol. The van der Waals surface area contributed by atoms with Crippen LogP contribution in [-0.4, -0.2) is 17.1 Å². The number of benzene rings is 1. The number of aromatic hydroxyl groups is 1. The first-order valence-corrected chi connectivity index (χ1v) is 4.91. The average molecular weight is 229 g/mol. The molecular formula is C10H13ClN2O2. The normalized spacial score (nSPS) is 12.2. The van der Waals surface area contributed by atoms with Crippen LogP contribution in [0.25, 0.3) is 0 Å². The minimum Gasteiger partial charge on any atom is -0.504 e. The van der Waals surface area contributed by atoms with E-state index in [0.717, 1.165) is 0 Å². The third-order valence-corrected chi connectivity index (χ3v) is 2.07. The van der Waals surface area contributed by atoms with Crippen molar-refractivity contribution in [1.29, 1.82) is 0 Å². The fraction of sp³-hybridized carbons (Fsp3) is 0.300.